The fraction of sp³-hybridized carbons (Fsp3) is 0.850. The van der Waals surface area contributed by atoms with Crippen LogP contribution >= 0.6 is 24.0 Å². The molecule has 29 heavy (non-hydrogen) atoms. The van der Waals surface area contributed by atoms with Crippen LogP contribution in [0.1, 0.15) is 50.7 Å². The number of morpholine rings is 1. The predicted octanol–water partition coefficient (Wildman–Crippen LogP) is 1.83. The van der Waals surface area contributed by atoms with E-state index in [0.717, 1.165) is 96.5 Å². The van der Waals surface area contributed by atoms with Crippen molar-refractivity contribution in [2.24, 2.45) is 4.99 Å². The Morgan fingerprint density at radius 2 is 1.93 bits per heavy atom. The minimum Gasteiger partial charge on any atom is -0.379 e. The normalized spacial score (nSPS) is 17.9. The number of ether oxygens (including phenoxy) is 1. The number of nitrogens with zero attached hydrogens (tertiary/aromatic N) is 5. The second-order valence-corrected chi connectivity index (χ2v) is 7.59. The molecule has 8 nitrogen and oxygen atoms in total. The summed E-state index contributed by atoms with van der Waals surface area (Å²) in [5.41, 5.74) is 0. The molecule has 0 radical (unpaired) electrons. The predicted molar refractivity (Wildman–Crippen MR) is 127 cm³/mol. The minimum absolute atomic E-state index is 0. The summed E-state index contributed by atoms with van der Waals surface area (Å²) in [5, 5.41) is 15.6. The van der Waals surface area contributed by atoms with E-state index in [9.17, 15) is 0 Å². The van der Waals surface area contributed by atoms with Crippen LogP contribution in [0.2, 0.25) is 0 Å². The Kier molecular flexibility index (Phi) is 11.9. The van der Waals surface area contributed by atoms with Gasteiger partial charge in [0.1, 0.15) is 11.6 Å². The molecule has 0 amide bonds. The van der Waals surface area contributed by atoms with Crippen molar-refractivity contribution in [1.29, 1.82) is 0 Å². The third-order valence-corrected chi connectivity index (χ3v) is 5.41. The van der Waals surface area contributed by atoms with Gasteiger partial charge in [-0.15, -0.1) is 34.2 Å². The van der Waals surface area contributed by atoms with Crippen molar-refractivity contribution in [1.82, 2.24) is 30.3 Å². The largest absolute Gasteiger partial charge is 0.379 e. The molecule has 9 heteroatoms. The summed E-state index contributed by atoms with van der Waals surface area (Å²) in [4.78, 5) is 7.20. The van der Waals surface area contributed by atoms with Gasteiger partial charge in [-0.05, 0) is 39.2 Å². The first-order chi connectivity index (χ1) is 13.9. The highest BCUT2D eigenvalue weighted by Gasteiger charge is 2.14. The van der Waals surface area contributed by atoms with E-state index < -0.39 is 0 Å². The Bertz CT molecular complexity index is 602. The molecule has 2 aliphatic heterocycles. The average molecular weight is 519 g/mol. The summed E-state index contributed by atoms with van der Waals surface area (Å²) in [6.07, 6.45) is 7.94. The van der Waals surface area contributed by atoms with Crippen molar-refractivity contribution in [3.8, 4) is 0 Å². The molecule has 1 aromatic heterocycles. The van der Waals surface area contributed by atoms with Crippen molar-refractivity contribution in [2.75, 3.05) is 52.5 Å². The highest BCUT2D eigenvalue weighted by Crippen LogP contribution is 2.15. The third kappa shape index (κ3) is 8.37. The van der Waals surface area contributed by atoms with Crippen molar-refractivity contribution in [3.63, 3.8) is 0 Å². The van der Waals surface area contributed by atoms with Gasteiger partial charge in [-0.3, -0.25) is 9.89 Å². The summed E-state index contributed by atoms with van der Waals surface area (Å²) in [6.45, 7) is 10.8. The number of rotatable bonds is 9. The lowest BCUT2D eigenvalue weighted by atomic mass is 10.2. The molecule has 3 heterocycles. The van der Waals surface area contributed by atoms with Crippen LogP contribution in [0.15, 0.2) is 4.99 Å². The average Bonchev–Trinajstić information content (AvgIpc) is 2.95. The molecule has 0 spiro atoms. The van der Waals surface area contributed by atoms with Gasteiger partial charge in [0.15, 0.2) is 5.96 Å². The lowest BCUT2D eigenvalue weighted by molar-refractivity contribution is 0.0376. The van der Waals surface area contributed by atoms with Crippen LogP contribution < -0.4 is 10.6 Å². The van der Waals surface area contributed by atoms with Gasteiger partial charge in [-0.1, -0.05) is 6.42 Å². The van der Waals surface area contributed by atoms with Crippen molar-refractivity contribution >= 4 is 29.9 Å². The Balaban J connectivity index is 0.00000300. The maximum absolute atomic E-state index is 5.40. The molecule has 0 atom stereocenters. The lowest BCUT2D eigenvalue weighted by Crippen LogP contribution is -2.40. The quantitative estimate of drug-likeness (QED) is 0.224. The number of aliphatic imine (C=N–C) groups is 1. The molecule has 2 aliphatic rings. The van der Waals surface area contributed by atoms with Crippen LogP contribution in [-0.2, 0) is 24.1 Å². The van der Waals surface area contributed by atoms with E-state index in [0.29, 0.717) is 0 Å². The first kappa shape index (κ1) is 24.3. The number of hydrogen-bond donors (Lipinski definition) is 2. The molecule has 0 unspecified atom stereocenters. The number of hydrogen-bond acceptors (Lipinski definition) is 5. The van der Waals surface area contributed by atoms with Crippen LogP contribution in [0.4, 0.5) is 0 Å². The molecule has 0 aliphatic carbocycles. The van der Waals surface area contributed by atoms with Gasteiger partial charge in [0.05, 0.1) is 13.2 Å². The monoisotopic (exact) mass is 519 g/mol. The summed E-state index contributed by atoms with van der Waals surface area (Å²) >= 11 is 0. The third-order valence-electron chi connectivity index (χ3n) is 5.41. The molecule has 2 N–H and O–H groups in total. The van der Waals surface area contributed by atoms with E-state index in [1.807, 2.05) is 0 Å². The highest BCUT2D eigenvalue weighted by molar-refractivity contribution is 14.0. The molecule has 0 bridgehead atoms. The topological polar surface area (TPSA) is 79.6 Å². The zero-order chi connectivity index (χ0) is 19.4. The smallest absolute Gasteiger partial charge is 0.191 e. The maximum atomic E-state index is 5.40. The fourth-order valence-corrected chi connectivity index (χ4v) is 3.83. The summed E-state index contributed by atoms with van der Waals surface area (Å²) in [5.74, 6) is 3.23. The van der Waals surface area contributed by atoms with Gasteiger partial charge >= 0.3 is 0 Å². The van der Waals surface area contributed by atoms with Gasteiger partial charge < -0.3 is 19.9 Å². The Hall–Kier alpha value is -0.940. The van der Waals surface area contributed by atoms with Crippen molar-refractivity contribution in [3.05, 3.63) is 11.6 Å². The molecular formula is C20H38IN7O. The van der Waals surface area contributed by atoms with Crippen molar-refractivity contribution < 1.29 is 4.74 Å². The zero-order valence-corrected chi connectivity index (χ0v) is 20.2. The van der Waals surface area contributed by atoms with Gasteiger partial charge in [0.2, 0.25) is 0 Å². The Morgan fingerprint density at radius 3 is 2.76 bits per heavy atom. The number of fused-ring (bicyclic) bond motifs is 1. The molecule has 166 valence electrons. The van der Waals surface area contributed by atoms with E-state index in [1.165, 1.54) is 25.1 Å². The van der Waals surface area contributed by atoms with E-state index in [1.54, 1.807) is 0 Å². The summed E-state index contributed by atoms with van der Waals surface area (Å²) < 4.78 is 7.74. The standard InChI is InChI=1S/C20H37N7O.HI/c1-2-21-20(23-11-7-12-26-14-16-28-17-15-26)22-10-6-9-19-25-24-18-8-4-3-5-13-27(18)19;/h2-17H2,1H3,(H2,21,22,23);1H. The van der Waals surface area contributed by atoms with Crippen LogP contribution in [0.25, 0.3) is 0 Å². The highest BCUT2D eigenvalue weighted by atomic mass is 127. The Morgan fingerprint density at radius 1 is 1.07 bits per heavy atom. The molecule has 1 saturated heterocycles. The molecular weight excluding hydrogens is 481 g/mol. The number of halogens is 1. The SMILES string of the molecule is CCNC(=NCCCc1nnc2n1CCCCC2)NCCCN1CCOCC1.I. The summed E-state index contributed by atoms with van der Waals surface area (Å²) in [6, 6.07) is 0. The molecule has 0 aromatic carbocycles. The number of aryl methyl sites for hydroxylation is 2. The van der Waals surface area contributed by atoms with Crippen LogP contribution in [0, 0.1) is 0 Å². The second-order valence-electron chi connectivity index (χ2n) is 7.59. The van der Waals surface area contributed by atoms with Gasteiger partial charge in [0.25, 0.3) is 0 Å². The van der Waals surface area contributed by atoms with E-state index in [2.05, 4.69) is 37.2 Å². The zero-order valence-electron chi connectivity index (χ0n) is 17.9. The number of guanidine groups is 1. The summed E-state index contributed by atoms with van der Waals surface area (Å²) in [7, 11) is 0. The van der Waals surface area contributed by atoms with Crippen LogP contribution in [0.5, 0.6) is 0 Å². The number of aromatic nitrogens is 3. The van der Waals surface area contributed by atoms with E-state index in [-0.39, 0.29) is 24.0 Å². The molecule has 1 aromatic rings. The lowest BCUT2D eigenvalue weighted by Gasteiger charge is -2.26. The maximum Gasteiger partial charge on any atom is 0.191 e. The second kappa shape index (κ2) is 14.1. The molecule has 3 rings (SSSR count). The molecule has 1 fully saturated rings. The number of nitrogens with one attached hydrogen (secondary N) is 2. The van der Waals surface area contributed by atoms with Gasteiger partial charge in [0, 0.05) is 52.1 Å². The first-order valence-corrected chi connectivity index (χ1v) is 11.1. The fourth-order valence-electron chi connectivity index (χ4n) is 3.83. The minimum atomic E-state index is 0. The first-order valence-electron chi connectivity index (χ1n) is 11.1. The Labute approximate surface area is 192 Å². The van der Waals surface area contributed by atoms with Crippen LogP contribution in [-0.4, -0.2) is 78.1 Å². The van der Waals surface area contributed by atoms with Gasteiger partial charge in [-0.25, -0.2) is 0 Å². The van der Waals surface area contributed by atoms with Gasteiger partial charge in [-0.2, -0.15) is 0 Å². The van der Waals surface area contributed by atoms with Crippen molar-refractivity contribution in [2.45, 2.75) is 58.4 Å². The van der Waals surface area contributed by atoms with E-state index in [4.69, 9.17) is 9.73 Å². The van der Waals surface area contributed by atoms with Crippen LogP contribution in [0.3, 0.4) is 0 Å². The van der Waals surface area contributed by atoms with E-state index >= 15 is 0 Å². The molecule has 0 saturated carbocycles.